The second kappa shape index (κ2) is 10.2. The number of piperidine rings is 1. The SMILES string of the molecule is COCCCCCN=C(Nc1ccccc1)N1CCCCC1. The van der Waals surface area contributed by atoms with Gasteiger partial charge in [-0.2, -0.15) is 0 Å². The molecule has 122 valence electrons. The summed E-state index contributed by atoms with van der Waals surface area (Å²) in [6.07, 6.45) is 7.29. The topological polar surface area (TPSA) is 36.9 Å². The molecule has 1 fully saturated rings. The number of nitrogens with zero attached hydrogens (tertiary/aromatic N) is 2. The van der Waals surface area contributed by atoms with Crippen LogP contribution in [0.15, 0.2) is 35.3 Å². The number of likely N-dealkylation sites (tertiary alicyclic amines) is 1. The summed E-state index contributed by atoms with van der Waals surface area (Å²) in [4.78, 5) is 7.23. The maximum Gasteiger partial charge on any atom is 0.198 e. The number of guanidine groups is 1. The van der Waals surface area contributed by atoms with Crippen molar-refractivity contribution in [2.75, 3.05) is 38.7 Å². The number of methoxy groups -OCH3 is 1. The first-order chi connectivity index (χ1) is 10.9. The Kier molecular flexibility index (Phi) is 7.81. The molecule has 1 saturated heterocycles. The first-order valence-electron chi connectivity index (χ1n) is 8.50. The lowest BCUT2D eigenvalue weighted by Gasteiger charge is -2.30. The van der Waals surface area contributed by atoms with Gasteiger partial charge in [0.25, 0.3) is 0 Å². The molecule has 1 aliphatic heterocycles. The molecule has 0 spiro atoms. The smallest absolute Gasteiger partial charge is 0.198 e. The monoisotopic (exact) mass is 303 g/mol. The highest BCUT2D eigenvalue weighted by Crippen LogP contribution is 2.13. The molecule has 1 heterocycles. The van der Waals surface area contributed by atoms with Crippen LogP contribution in [-0.4, -0.2) is 44.2 Å². The number of para-hydroxylation sites is 1. The fourth-order valence-corrected chi connectivity index (χ4v) is 2.69. The maximum atomic E-state index is 5.09. The maximum absolute atomic E-state index is 5.09. The second-order valence-electron chi connectivity index (χ2n) is 5.80. The number of unbranched alkanes of at least 4 members (excludes halogenated alkanes) is 2. The average Bonchev–Trinajstić information content (AvgIpc) is 2.58. The largest absolute Gasteiger partial charge is 0.385 e. The highest BCUT2D eigenvalue weighted by molar-refractivity contribution is 5.93. The van der Waals surface area contributed by atoms with Crippen LogP contribution in [0.5, 0.6) is 0 Å². The molecule has 0 amide bonds. The van der Waals surface area contributed by atoms with Gasteiger partial charge in [-0.15, -0.1) is 0 Å². The first kappa shape index (κ1) is 16.8. The van der Waals surface area contributed by atoms with E-state index in [0.29, 0.717) is 0 Å². The summed E-state index contributed by atoms with van der Waals surface area (Å²) in [7, 11) is 1.76. The predicted octanol–water partition coefficient (Wildman–Crippen LogP) is 3.76. The van der Waals surface area contributed by atoms with Gasteiger partial charge in [0.15, 0.2) is 5.96 Å². The van der Waals surface area contributed by atoms with Crippen molar-refractivity contribution in [3.8, 4) is 0 Å². The molecular formula is C18H29N3O. The third-order valence-electron chi connectivity index (χ3n) is 3.95. The van der Waals surface area contributed by atoms with Crippen LogP contribution < -0.4 is 5.32 Å². The van der Waals surface area contributed by atoms with E-state index < -0.39 is 0 Å². The lowest BCUT2D eigenvalue weighted by atomic mass is 10.1. The van der Waals surface area contributed by atoms with Crippen molar-refractivity contribution in [1.82, 2.24) is 4.90 Å². The summed E-state index contributed by atoms with van der Waals surface area (Å²) < 4.78 is 5.09. The number of anilines is 1. The van der Waals surface area contributed by atoms with Crippen molar-refractivity contribution in [2.45, 2.75) is 38.5 Å². The lowest BCUT2D eigenvalue weighted by Crippen LogP contribution is -2.40. The molecule has 1 aromatic rings. The van der Waals surface area contributed by atoms with E-state index in [9.17, 15) is 0 Å². The van der Waals surface area contributed by atoms with Gasteiger partial charge >= 0.3 is 0 Å². The van der Waals surface area contributed by atoms with Gasteiger partial charge in [-0.1, -0.05) is 18.2 Å². The van der Waals surface area contributed by atoms with E-state index in [1.165, 1.54) is 25.7 Å². The Balaban J connectivity index is 1.88. The molecule has 0 atom stereocenters. The molecule has 4 heteroatoms. The summed E-state index contributed by atoms with van der Waals surface area (Å²) in [6, 6.07) is 10.3. The number of ether oxygens (including phenoxy) is 1. The van der Waals surface area contributed by atoms with E-state index in [1.807, 2.05) is 6.07 Å². The van der Waals surface area contributed by atoms with E-state index in [0.717, 1.165) is 50.7 Å². The number of aliphatic imine (C=N–C) groups is 1. The molecule has 1 aliphatic rings. The van der Waals surface area contributed by atoms with Crippen LogP contribution in [0.1, 0.15) is 38.5 Å². The van der Waals surface area contributed by atoms with Gasteiger partial charge in [-0.25, -0.2) is 0 Å². The van der Waals surface area contributed by atoms with Gasteiger partial charge in [0.1, 0.15) is 0 Å². The highest BCUT2D eigenvalue weighted by Gasteiger charge is 2.14. The number of nitrogens with one attached hydrogen (secondary N) is 1. The van der Waals surface area contributed by atoms with Crippen molar-refractivity contribution in [2.24, 2.45) is 4.99 Å². The Morgan fingerprint density at radius 2 is 1.86 bits per heavy atom. The van der Waals surface area contributed by atoms with E-state index in [2.05, 4.69) is 34.5 Å². The van der Waals surface area contributed by atoms with Crippen LogP contribution >= 0.6 is 0 Å². The fourth-order valence-electron chi connectivity index (χ4n) is 2.69. The zero-order valence-electron chi connectivity index (χ0n) is 13.8. The van der Waals surface area contributed by atoms with E-state index in [1.54, 1.807) is 7.11 Å². The van der Waals surface area contributed by atoms with Crippen LogP contribution in [0, 0.1) is 0 Å². The third-order valence-corrected chi connectivity index (χ3v) is 3.95. The molecule has 2 rings (SSSR count). The number of hydrogen-bond donors (Lipinski definition) is 1. The molecule has 0 aliphatic carbocycles. The van der Waals surface area contributed by atoms with Crippen molar-refractivity contribution >= 4 is 11.6 Å². The minimum absolute atomic E-state index is 0.852. The van der Waals surface area contributed by atoms with Crippen molar-refractivity contribution in [3.63, 3.8) is 0 Å². The first-order valence-corrected chi connectivity index (χ1v) is 8.50. The average molecular weight is 303 g/mol. The Morgan fingerprint density at radius 3 is 2.59 bits per heavy atom. The van der Waals surface area contributed by atoms with E-state index in [4.69, 9.17) is 9.73 Å². The Hall–Kier alpha value is -1.55. The molecule has 1 aromatic carbocycles. The highest BCUT2D eigenvalue weighted by atomic mass is 16.5. The predicted molar refractivity (Wildman–Crippen MR) is 93.5 cm³/mol. The van der Waals surface area contributed by atoms with Gasteiger partial charge < -0.3 is 15.0 Å². The fraction of sp³-hybridized carbons (Fsp3) is 0.611. The summed E-state index contributed by atoms with van der Waals surface area (Å²) >= 11 is 0. The minimum Gasteiger partial charge on any atom is -0.385 e. The molecule has 1 N–H and O–H groups in total. The Morgan fingerprint density at radius 1 is 1.09 bits per heavy atom. The van der Waals surface area contributed by atoms with Gasteiger partial charge in [-0.3, -0.25) is 4.99 Å². The van der Waals surface area contributed by atoms with Crippen molar-refractivity contribution in [1.29, 1.82) is 0 Å². The van der Waals surface area contributed by atoms with Crippen LogP contribution in [0.4, 0.5) is 5.69 Å². The zero-order valence-corrected chi connectivity index (χ0v) is 13.8. The van der Waals surface area contributed by atoms with Crippen LogP contribution in [0.3, 0.4) is 0 Å². The van der Waals surface area contributed by atoms with Gasteiger partial charge in [0.2, 0.25) is 0 Å². The summed E-state index contributed by atoms with van der Waals surface area (Å²) in [5.74, 6) is 1.04. The summed E-state index contributed by atoms with van der Waals surface area (Å²) in [5, 5.41) is 3.50. The Labute approximate surface area is 134 Å². The molecule has 0 bridgehead atoms. The van der Waals surface area contributed by atoms with Crippen LogP contribution in [0.25, 0.3) is 0 Å². The van der Waals surface area contributed by atoms with Crippen LogP contribution in [-0.2, 0) is 4.74 Å². The van der Waals surface area contributed by atoms with Gasteiger partial charge in [0, 0.05) is 39.0 Å². The third kappa shape index (κ3) is 6.06. The number of rotatable bonds is 7. The molecule has 0 saturated carbocycles. The Bertz CT molecular complexity index is 427. The molecule has 0 aromatic heterocycles. The number of hydrogen-bond acceptors (Lipinski definition) is 2. The van der Waals surface area contributed by atoms with Crippen molar-refractivity contribution < 1.29 is 4.74 Å². The molecular weight excluding hydrogens is 274 g/mol. The quantitative estimate of drug-likeness (QED) is 0.473. The molecule has 0 radical (unpaired) electrons. The lowest BCUT2D eigenvalue weighted by molar-refractivity contribution is 0.192. The van der Waals surface area contributed by atoms with E-state index in [-0.39, 0.29) is 0 Å². The molecule has 0 unspecified atom stereocenters. The molecule has 22 heavy (non-hydrogen) atoms. The number of benzene rings is 1. The zero-order chi connectivity index (χ0) is 15.5. The van der Waals surface area contributed by atoms with Gasteiger partial charge in [-0.05, 0) is 50.7 Å². The van der Waals surface area contributed by atoms with Crippen LogP contribution in [0.2, 0.25) is 0 Å². The standard InChI is InChI=1S/C18H29N3O/c1-22-16-10-3-7-13-19-18(21-14-8-4-9-15-21)20-17-11-5-2-6-12-17/h2,5-6,11-12H,3-4,7-10,13-16H2,1H3,(H,19,20). The normalized spacial score (nSPS) is 15.9. The summed E-state index contributed by atoms with van der Waals surface area (Å²) in [6.45, 7) is 3.96. The van der Waals surface area contributed by atoms with E-state index >= 15 is 0 Å². The van der Waals surface area contributed by atoms with Gasteiger partial charge in [0.05, 0.1) is 0 Å². The minimum atomic E-state index is 0.852. The summed E-state index contributed by atoms with van der Waals surface area (Å²) in [5.41, 5.74) is 1.12. The second-order valence-corrected chi connectivity index (χ2v) is 5.80. The molecule has 4 nitrogen and oxygen atoms in total. The van der Waals surface area contributed by atoms with Crippen molar-refractivity contribution in [3.05, 3.63) is 30.3 Å².